The molecule has 0 spiro atoms. The van der Waals surface area contributed by atoms with Crippen LogP contribution in [0.1, 0.15) is 61.8 Å². The van der Waals surface area contributed by atoms with E-state index >= 15 is 0 Å². The van der Waals surface area contributed by atoms with Gasteiger partial charge in [-0.1, -0.05) is 38.5 Å². The second-order valence-electron chi connectivity index (χ2n) is 9.93. The highest BCUT2D eigenvalue weighted by molar-refractivity contribution is 5.97. The van der Waals surface area contributed by atoms with Crippen LogP contribution in [0, 0.1) is 28.6 Å². The topological polar surface area (TPSA) is 69.7 Å². The van der Waals surface area contributed by atoms with E-state index in [9.17, 15) is 14.4 Å². The Morgan fingerprint density at radius 3 is 1.93 bits per heavy atom. The first-order chi connectivity index (χ1) is 13.9. The molecule has 0 aromatic carbocycles. The summed E-state index contributed by atoms with van der Waals surface area (Å²) in [7, 11) is 0. The van der Waals surface area contributed by atoms with Gasteiger partial charge in [0.2, 0.25) is 0 Å². The molecule has 0 unspecified atom stereocenters. The van der Waals surface area contributed by atoms with Gasteiger partial charge in [-0.2, -0.15) is 0 Å². The molecule has 5 heteroatoms. The van der Waals surface area contributed by atoms with Gasteiger partial charge in [-0.3, -0.25) is 4.79 Å². The van der Waals surface area contributed by atoms with Crippen molar-refractivity contribution in [1.82, 2.24) is 0 Å². The molecule has 0 aliphatic heterocycles. The summed E-state index contributed by atoms with van der Waals surface area (Å²) in [6, 6.07) is 0. The van der Waals surface area contributed by atoms with Crippen LogP contribution in [0.2, 0.25) is 0 Å². The van der Waals surface area contributed by atoms with E-state index in [1.54, 1.807) is 45.9 Å². The molecule has 0 N–H and O–H groups in total. The summed E-state index contributed by atoms with van der Waals surface area (Å²) in [5.74, 6) is -0.722. The molecule has 164 valence electrons. The van der Waals surface area contributed by atoms with Gasteiger partial charge in [0.05, 0.1) is 0 Å². The normalized spacial score (nSPS) is 37.5. The van der Waals surface area contributed by atoms with E-state index < -0.39 is 23.0 Å². The maximum atomic E-state index is 13.1. The predicted molar refractivity (Wildman–Crippen MR) is 114 cm³/mol. The third kappa shape index (κ3) is 3.09. The molecular formula is C25H34O5. The fourth-order valence-corrected chi connectivity index (χ4v) is 5.98. The molecule has 5 nitrogen and oxygen atoms in total. The van der Waals surface area contributed by atoms with Crippen LogP contribution in [0.5, 0.6) is 0 Å². The minimum atomic E-state index is -0.510. The Hall–Kier alpha value is -2.17. The molecule has 30 heavy (non-hydrogen) atoms. The number of rotatable bonds is 4. The average molecular weight is 415 g/mol. The Labute approximate surface area is 179 Å². The van der Waals surface area contributed by atoms with E-state index in [0.29, 0.717) is 17.6 Å². The summed E-state index contributed by atoms with van der Waals surface area (Å²) < 4.78 is 12.0. The minimum Gasteiger partial charge on any atom is -0.458 e. The minimum absolute atomic E-state index is 0.0511. The third-order valence-electron chi connectivity index (χ3n) is 8.04. The van der Waals surface area contributed by atoms with Crippen molar-refractivity contribution < 1.29 is 23.9 Å². The molecule has 4 rings (SSSR count). The number of carbonyl (C=O) groups excluding carboxylic acids is 3. The molecule has 0 radical (unpaired) electrons. The SMILES string of the molecule is C/C=C(/C)C(=O)O[C@@H]1C[C@@H](OC(=O)/C(C)=C\C)[C@]2(C)[C@@H]3C(C)=CC(=O)[C@H]2[C@H]3C1(C)C. The maximum absolute atomic E-state index is 13.1. The molecule has 6 atom stereocenters. The second-order valence-corrected chi connectivity index (χ2v) is 9.93. The van der Waals surface area contributed by atoms with Crippen LogP contribution in [-0.2, 0) is 23.9 Å². The predicted octanol–water partition coefficient (Wildman–Crippen LogP) is 4.57. The lowest BCUT2D eigenvalue weighted by Gasteiger charge is -2.65. The quantitative estimate of drug-likeness (QED) is 0.498. The molecule has 4 bridgehead atoms. The van der Waals surface area contributed by atoms with Crippen molar-refractivity contribution in [3.63, 3.8) is 0 Å². The first-order valence-electron chi connectivity index (χ1n) is 10.8. The van der Waals surface area contributed by atoms with Crippen molar-refractivity contribution in [2.24, 2.45) is 28.6 Å². The lowest BCUT2D eigenvalue weighted by atomic mass is 9.37. The third-order valence-corrected chi connectivity index (χ3v) is 8.04. The highest BCUT2D eigenvalue weighted by atomic mass is 16.6. The van der Waals surface area contributed by atoms with Crippen LogP contribution in [0.4, 0.5) is 0 Å². The molecule has 4 aliphatic carbocycles. The first kappa shape index (κ1) is 22.5. The van der Waals surface area contributed by atoms with Crippen LogP contribution < -0.4 is 0 Å². The number of allylic oxidation sites excluding steroid dienone is 4. The molecule has 3 saturated carbocycles. The van der Waals surface area contributed by atoms with Crippen molar-refractivity contribution in [3.8, 4) is 0 Å². The lowest BCUT2D eigenvalue weighted by Crippen LogP contribution is -2.67. The number of hydrogen-bond acceptors (Lipinski definition) is 5. The Kier molecular flexibility index (Phi) is 5.63. The molecule has 0 amide bonds. The molecule has 3 fully saturated rings. The van der Waals surface area contributed by atoms with Crippen molar-refractivity contribution in [2.75, 3.05) is 0 Å². The van der Waals surface area contributed by atoms with Crippen LogP contribution >= 0.6 is 0 Å². The zero-order valence-corrected chi connectivity index (χ0v) is 19.4. The molecule has 4 aliphatic rings. The zero-order valence-electron chi connectivity index (χ0n) is 19.4. The Bertz CT molecular complexity index is 874. The van der Waals surface area contributed by atoms with Gasteiger partial charge in [-0.25, -0.2) is 9.59 Å². The molecule has 0 aromatic rings. The van der Waals surface area contributed by atoms with Gasteiger partial charge >= 0.3 is 11.9 Å². The van der Waals surface area contributed by atoms with Crippen molar-refractivity contribution in [2.45, 2.75) is 74.0 Å². The number of carbonyl (C=O) groups is 3. The van der Waals surface area contributed by atoms with Crippen LogP contribution in [-0.4, -0.2) is 29.9 Å². The summed E-state index contributed by atoms with van der Waals surface area (Å²) in [6.07, 6.45) is 4.62. The summed E-state index contributed by atoms with van der Waals surface area (Å²) in [5, 5.41) is 0. The monoisotopic (exact) mass is 414 g/mol. The summed E-state index contributed by atoms with van der Waals surface area (Å²) in [5.41, 5.74) is 1.18. The average Bonchev–Trinajstić information content (AvgIpc) is 2.78. The second kappa shape index (κ2) is 7.51. The van der Waals surface area contributed by atoms with E-state index in [1.165, 1.54) is 0 Å². The zero-order chi connectivity index (χ0) is 22.6. The van der Waals surface area contributed by atoms with Crippen molar-refractivity contribution in [1.29, 1.82) is 0 Å². The van der Waals surface area contributed by atoms with Crippen molar-refractivity contribution in [3.05, 3.63) is 34.9 Å². The summed E-state index contributed by atoms with van der Waals surface area (Å²) in [6.45, 7) is 15.3. The molecule has 0 heterocycles. The molecule has 0 aromatic heterocycles. The fraction of sp³-hybridized carbons (Fsp3) is 0.640. The lowest BCUT2D eigenvalue weighted by molar-refractivity contribution is -0.202. The van der Waals surface area contributed by atoms with Gasteiger partial charge in [-0.05, 0) is 52.5 Å². The van der Waals surface area contributed by atoms with Gasteiger partial charge in [0.1, 0.15) is 12.2 Å². The maximum Gasteiger partial charge on any atom is 0.333 e. The Balaban J connectivity index is 2.06. The number of hydrogen-bond donors (Lipinski definition) is 0. The highest BCUT2D eigenvalue weighted by Gasteiger charge is 2.74. The number of ether oxygens (including phenoxy) is 2. The largest absolute Gasteiger partial charge is 0.458 e. The molecular weight excluding hydrogens is 380 g/mol. The van der Waals surface area contributed by atoms with Gasteiger partial charge in [0.25, 0.3) is 0 Å². The summed E-state index contributed by atoms with van der Waals surface area (Å²) in [4.78, 5) is 38.4. The van der Waals surface area contributed by atoms with Gasteiger partial charge in [0.15, 0.2) is 5.78 Å². The van der Waals surface area contributed by atoms with Crippen molar-refractivity contribution >= 4 is 17.7 Å². The standard InChI is InChI=1S/C25H34O5/c1-9-13(3)22(27)29-17-12-18(30-23(28)14(4)10-2)25(8)19-15(5)11-16(26)20(25)21(19)24(17,6)7/h9-11,17-21H,12H2,1-8H3/b13-9-,14-10-/t17-,18-,19-,20+,21+,25-/m1/s1. The Morgan fingerprint density at radius 2 is 1.47 bits per heavy atom. The van der Waals surface area contributed by atoms with Gasteiger partial charge in [-0.15, -0.1) is 0 Å². The van der Waals surface area contributed by atoms with E-state index in [0.717, 1.165) is 5.57 Å². The van der Waals surface area contributed by atoms with Gasteiger partial charge in [0, 0.05) is 34.3 Å². The van der Waals surface area contributed by atoms with E-state index in [2.05, 4.69) is 20.8 Å². The number of esters is 2. The first-order valence-corrected chi connectivity index (χ1v) is 10.8. The van der Waals surface area contributed by atoms with Gasteiger partial charge < -0.3 is 9.47 Å². The Morgan fingerprint density at radius 1 is 0.967 bits per heavy atom. The van der Waals surface area contributed by atoms with Crippen LogP contribution in [0.15, 0.2) is 34.9 Å². The van der Waals surface area contributed by atoms with E-state index in [4.69, 9.17) is 9.47 Å². The number of fused-ring (bicyclic) bond motifs is 3. The van der Waals surface area contributed by atoms with E-state index in [-0.39, 0.29) is 35.5 Å². The summed E-state index contributed by atoms with van der Waals surface area (Å²) >= 11 is 0. The molecule has 0 saturated heterocycles. The highest BCUT2D eigenvalue weighted by Crippen LogP contribution is 2.72. The van der Waals surface area contributed by atoms with Crippen LogP contribution in [0.3, 0.4) is 0 Å². The number of ketones is 1. The van der Waals surface area contributed by atoms with Crippen LogP contribution in [0.25, 0.3) is 0 Å². The van der Waals surface area contributed by atoms with E-state index in [1.807, 2.05) is 6.92 Å². The smallest absolute Gasteiger partial charge is 0.333 e. The fourth-order valence-electron chi connectivity index (χ4n) is 5.98.